The normalized spacial score (nSPS) is 23.8. The number of carbonyl (C=O) groups is 3. The number of carboxylic acids is 1. The first-order chi connectivity index (χ1) is 19.4. The molecular formula is C31H31ClN4O4. The fourth-order valence-electron chi connectivity index (χ4n) is 6.57. The van der Waals surface area contributed by atoms with Gasteiger partial charge in [-0.1, -0.05) is 60.1 Å². The number of rotatable bonds is 4. The third-order valence-electron chi connectivity index (χ3n) is 8.35. The average molecular weight is 559 g/mol. The van der Waals surface area contributed by atoms with Gasteiger partial charge in [0.15, 0.2) is 6.04 Å². The molecule has 4 amide bonds. The SMILES string of the molecule is O=C(O)[C@@H]1[C@H]2CC[C@@H](CN1C(=O)N(c1ccccc1)c1ccccc1)N2C(=O)N1CCC[C@@H]1c1ccc(Cl)cc1. The van der Waals surface area contributed by atoms with Crippen LogP contribution in [0.4, 0.5) is 21.0 Å². The molecule has 2 bridgehead atoms. The lowest BCUT2D eigenvalue weighted by molar-refractivity contribution is -0.145. The summed E-state index contributed by atoms with van der Waals surface area (Å²) >= 11 is 6.09. The summed E-state index contributed by atoms with van der Waals surface area (Å²) in [7, 11) is 0. The Kier molecular flexibility index (Phi) is 7.11. The Morgan fingerprint density at radius 1 is 0.800 bits per heavy atom. The molecule has 0 spiro atoms. The number of amides is 4. The van der Waals surface area contributed by atoms with Crippen LogP contribution in [0.2, 0.25) is 5.02 Å². The van der Waals surface area contributed by atoms with E-state index < -0.39 is 24.1 Å². The smallest absolute Gasteiger partial charge is 0.329 e. The second-order valence-electron chi connectivity index (χ2n) is 10.6. The van der Waals surface area contributed by atoms with Gasteiger partial charge in [0.25, 0.3) is 0 Å². The lowest BCUT2D eigenvalue weighted by Crippen LogP contribution is -2.67. The first-order valence-electron chi connectivity index (χ1n) is 13.7. The molecule has 3 aromatic rings. The van der Waals surface area contributed by atoms with Crippen LogP contribution in [0, 0.1) is 0 Å². The minimum Gasteiger partial charge on any atom is -0.480 e. The van der Waals surface area contributed by atoms with E-state index in [4.69, 9.17) is 11.6 Å². The van der Waals surface area contributed by atoms with E-state index in [2.05, 4.69) is 0 Å². The first kappa shape index (κ1) is 26.2. The predicted molar refractivity (Wildman–Crippen MR) is 153 cm³/mol. The van der Waals surface area contributed by atoms with Gasteiger partial charge >= 0.3 is 18.0 Å². The van der Waals surface area contributed by atoms with Gasteiger partial charge in [0.2, 0.25) is 0 Å². The summed E-state index contributed by atoms with van der Waals surface area (Å²) < 4.78 is 0. The number of halogens is 1. The highest BCUT2D eigenvalue weighted by Gasteiger charge is 2.55. The Bertz CT molecular complexity index is 1350. The second-order valence-corrected chi connectivity index (χ2v) is 11.1. The van der Waals surface area contributed by atoms with Gasteiger partial charge in [0.05, 0.1) is 29.5 Å². The molecule has 0 aliphatic carbocycles. The number of anilines is 2. The molecule has 206 valence electrons. The molecule has 3 aliphatic rings. The van der Waals surface area contributed by atoms with Crippen molar-refractivity contribution in [3.63, 3.8) is 0 Å². The van der Waals surface area contributed by atoms with Crippen LogP contribution < -0.4 is 4.90 Å². The number of fused-ring (bicyclic) bond motifs is 2. The Labute approximate surface area is 238 Å². The van der Waals surface area contributed by atoms with Crippen LogP contribution in [0.3, 0.4) is 0 Å². The molecule has 3 aliphatic heterocycles. The number of likely N-dealkylation sites (tertiary alicyclic amines) is 2. The maximum atomic E-state index is 14.2. The van der Waals surface area contributed by atoms with Crippen LogP contribution in [0.25, 0.3) is 0 Å². The standard InChI is InChI=1S/C31H31ClN4O4/c32-22-15-13-21(14-16-22)26-12-7-19-33(26)30(39)36-25-17-18-27(36)28(29(37)38)34(20-25)31(40)35(23-8-3-1-4-9-23)24-10-5-2-6-11-24/h1-6,8-11,13-16,25-28H,7,12,17-20H2,(H,37,38)/t25-,26+,27+,28-/m0/s1. The first-order valence-corrected chi connectivity index (χ1v) is 14.1. The number of aliphatic carboxylic acids is 1. The highest BCUT2D eigenvalue weighted by Crippen LogP contribution is 2.40. The van der Waals surface area contributed by atoms with Crippen LogP contribution in [0.5, 0.6) is 0 Å². The lowest BCUT2D eigenvalue weighted by atomic mass is 10.0. The van der Waals surface area contributed by atoms with Crippen LogP contribution in [-0.4, -0.2) is 69.1 Å². The Balaban J connectivity index is 1.30. The van der Waals surface area contributed by atoms with Crippen molar-refractivity contribution in [3.05, 3.63) is 95.5 Å². The molecule has 3 aromatic carbocycles. The molecule has 40 heavy (non-hydrogen) atoms. The topological polar surface area (TPSA) is 84.4 Å². The molecule has 0 radical (unpaired) electrons. The van der Waals surface area contributed by atoms with Gasteiger partial charge in [0.1, 0.15) is 0 Å². The van der Waals surface area contributed by atoms with E-state index in [-0.39, 0.29) is 24.7 Å². The Hall–Kier alpha value is -4.04. The molecule has 3 saturated heterocycles. The third kappa shape index (κ3) is 4.66. The van der Waals surface area contributed by atoms with Crippen molar-refractivity contribution in [2.75, 3.05) is 18.0 Å². The quantitative estimate of drug-likeness (QED) is 0.416. The number of piperazine rings is 1. The molecule has 8 nitrogen and oxygen atoms in total. The van der Waals surface area contributed by atoms with E-state index in [1.807, 2.05) is 89.8 Å². The number of urea groups is 2. The molecule has 0 aromatic heterocycles. The minimum absolute atomic E-state index is 0.0845. The van der Waals surface area contributed by atoms with Gasteiger partial charge in [-0.3, -0.25) is 4.90 Å². The van der Waals surface area contributed by atoms with Gasteiger partial charge in [-0.05, 0) is 67.6 Å². The maximum Gasteiger partial charge on any atom is 0.329 e. The summed E-state index contributed by atoms with van der Waals surface area (Å²) in [6, 6.07) is 23.4. The zero-order valence-corrected chi connectivity index (χ0v) is 22.7. The van der Waals surface area contributed by atoms with Gasteiger partial charge in [0, 0.05) is 18.1 Å². The highest BCUT2D eigenvalue weighted by atomic mass is 35.5. The summed E-state index contributed by atoms with van der Waals surface area (Å²) in [6.07, 6.45) is 2.90. The van der Waals surface area contributed by atoms with Gasteiger partial charge in [-0.15, -0.1) is 0 Å². The van der Waals surface area contributed by atoms with Crippen molar-refractivity contribution >= 4 is 41.0 Å². The number of carboxylic acid groups (broad SMARTS) is 1. The monoisotopic (exact) mass is 558 g/mol. The number of carbonyl (C=O) groups excluding carboxylic acids is 2. The molecule has 4 atom stereocenters. The molecule has 0 unspecified atom stereocenters. The molecule has 0 saturated carbocycles. The molecule has 1 N–H and O–H groups in total. The summed E-state index contributed by atoms with van der Waals surface area (Å²) in [5.41, 5.74) is 2.32. The molecule has 6 rings (SSSR count). The molecular weight excluding hydrogens is 528 g/mol. The van der Waals surface area contributed by atoms with Crippen molar-refractivity contribution < 1.29 is 19.5 Å². The maximum absolute atomic E-state index is 14.2. The molecule has 3 heterocycles. The van der Waals surface area contributed by atoms with E-state index in [1.165, 1.54) is 4.90 Å². The van der Waals surface area contributed by atoms with E-state index in [9.17, 15) is 19.5 Å². The van der Waals surface area contributed by atoms with E-state index >= 15 is 0 Å². The number of hydrogen-bond donors (Lipinski definition) is 1. The predicted octanol–water partition coefficient (Wildman–Crippen LogP) is 6.16. The van der Waals surface area contributed by atoms with Crippen LogP contribution >= 0.6 is 11.6 Å². The highest BCUT2D eigenvalue weighted by molar-refractivity contribution is 6.30. The van der Waals surface area contributed by atoms with Crippen LogP contribution in [0.15, 0.2) is 84.9 Å². The molecule has 3 fully saturated rings. The number of benzene rings is 3. The third-order valence-corrected chi connectivity index (χ3v) is 8.60. The zero-order chi connectivity index (χ0) is 27.8. The summed E-state index contributed by atoms with van der Waals surface area (Å²) in [6.45, 7) is 0.770. The van der Waals surface area contributed by atoms with Gasteiger partial charge in [-0.2, -0.15) is 0 Å². The molecule has 9 heteroatoms. The summed E-state index contributed by atoms with van der Waals surface area (Å²) in [5.74, 6) is -1.10. The number of hydrogen-bond acceptors (Lipinski definition) is 3. The van der Waals surface area contributed by atoms with Crippen LogP contribution in [0.1, 0.15) is 37.3 Å². The largest absolute Gasteiger partial charge is 0.480 e. The second kappa shape index (κ2) is 10.8. The van der Waals surface area contributed by atoms with Gasteiger partial charge < -0.3 is 19.8 Å². The van der Waals surface area contributed by atoms with Crippen molar-refractivity contribution in [2.45, 2.75) is 49.9 Å². The summed E-state index contributed by atoms with van der Waals surface area (Å²) in [5, 5.41) is 11.1. The van der Waals surface area contributed by atoms with Gasteiger partial charge in [-0.25, -0.2) is 14.4 Å². The van der Waals surface area contributed by atoms with Crippen molar-refractivity contribution in [1.82, 2.24) is 14.7 Å². The lowest BCUT2D eigenvalue weighted by Gasteiger charge is -2.47. The zero-order valence-electron chi connectivity index (χ0n) is 22.0. The number of nitrogens with zero attached hydrogens (tertiary/aromatic N) is 4. The van der Waals surface area contributed by atoms with Crippen molar-refractivity contribution in [3.8, 4) is 0 Å². The Morgan fingerprint density at radius 3 is 2.02 bits per heavy atom. The van der Waals surface area contributed by atoms with E-state index in [1.54, 1.807) is 9.80 Å². The fraction of sp³-hybridized carbons (Fsp3) is 0.323. The van der Waals surface area contributed by atoms with Crippen LogP contribution in [-0.2, 0) is 4.79 Å². The number of para-hydroxylation sites is 2. The van der Waals surface area contributed by atoms with E-state index in [0.717, 1.165) is 18.4 Å². The van der Waals surface area contributed by atoms with Crippen molar-refractivity contribution in [1.29, 1.82) is 0 Å². The fourth-order valence-corrected chi connectivity index (χ4v) is 6.70. The van der Waals surface area contributed by atoms with Crippen molar-refractivity contribution in [2.24, 2.45) is 0 Å². The average Bonchev–Trinajstić information content (AvgIpc) is 3.57. The summed E-state index contributed by atoms with van der Waals surface area (Å²) in [4.78, 5) is 47.7. The Morgan fingerprint density at radius 2 is 1.43 bits per heavy atom. The minimum atomic E-state index is -1.15. The van der Waals surface area contributed by atoms with E-state index in [0.29, 0.717) is 35.8 Å².